The summed E-state index contributed by atoms with van der Waals surface area (Å²) in [5.74, 6) is 2.14. The third kappa shape index (κ3) is 11.2. The van der Waals surface area contributed by atoms with Crippen LogP contribution in [0.3, 0.4) is 0 Å². The van der Waals surface area contributed by atoms with Gasteiger partial charge in [-0.3, -0.25) is 9.59 Å². The van der Waals surface area contributed by atoms with E-state index in [9.17, 15) is 14.4 Å². The topological polar surface area (TPSA) is 82.1 Å². The Morgan fingerprint density at radius 3 is 2.29 bits per heavy atom. The Morgan fingerprint density at radius 1 is 1.29 bits per heavy atom. The second kappa shape index (κ2) is 12.6. The second-order valence-electron chi connectivity index (χ2n) is 7.51. The molecule has 1 saturated heterocycles. The van der Waals surface area contributed by atoms with Gasteiger partial charge in [-0.2, -0.15) is 0 Å². The Labute approximate surface area is 173 Å². The number of esters is 1. The van der Waals surface area contributed by atoms with Crippen molar-refractivity contribution in [3.8, 4) is 12.3 Å². The highest BCUT2D eigenvalue weighted by Crippen LogP contribution is 2.28. The van der Waals surface area contributed by atoms with Crippen molar-refractivity contribution in [3.63, 3.8) is 0 Å². The molecule has 0 aromatic carbocycles. The van der Waals surface area contributed by atoms with E-state index in [-0.39, 0.29) is 35.4 Å². The fraction of sp³-hybridized carbons (Fsp3) is 0.750. The zero-order valence-corrected chi connectivity index (χ0v) is 18.4. The summed E-state index contributed by atoms with van der Waals surface area (Å²) in [6, 6.07) is 0. The Morgan fingerprint density at radius 2 is 1.86 bits per heavy atom. The van der Waals surface area contributed by atoms with Crippen LogP contribution in [0.25, 0.3) is 0 Å². The molecule has 3 atom stereocenters. The Balaban J connectivity index is 0.00000165. The van der Waals surface area contributed by atoms with Gasteiger partial charge < -0.3 is 19.1 Å². The van der Waals surface area contributed by atoms with Crippen molar-refractivity contribution < 1.29 is 28.6 Å². The van der Waals surface area contributed by atoms with Crippen LogP contribution in [0.2, 0.25) is 0 Å². The van der Waals surface area contributed by atoms with E-state index in [1.54, 1.807) is 12.0 Å². The van der Waals surface area contributed by atoms with E-state index in [1.807, 2.05) is 20.8 Å². The lowest BCUT2D eigenvalue weighted by Crippen LogP contribution is -2.52. The second-order valence-corrected chi connectivity index (χ2v) is 8.05. The highest BCUT2D eigenvalue weighted by atomic mass is 35.5. The van der Waals surface area contributed by atoms with Gasteiger partial charge in [0.2, 0.25) is 5.24 Å². The molecule has 0 radical (unpaired) electrons. The summed E-state index contributed by atoms with van der Waals surface area (Å²) in [5.41, 5.74) is -0.552. The quantitative estimate of drug-likeness (QED) is 0.387. The van der Waals surface area contributed by atoms with Gasteiger partial charge in [0.25, 0.3) is 0 Å². The summed E-state index contributed by atoms with van der Waals surface area (Å²) >= 11 is 4.64. The summed E-state index contributed by atoms with van der Waals surface area (Å²) in [5, 5.41) is -0.361. The molecule has 0 bridgehead atoms. The number of carbonyl (C=O) groups excluding carboxylic acids is 3. The van der Waals surface area contributed by atoms with E-state index < -0.39 is 5.60 Å². The van der Waals surface area contributed by atoms with Gasteiger partial charge in [0, 0.05) is 52.8 Å². The lowest BCUT2D eigenvalue weighted by Gasteiger charge is -2.41. The summed E-state index contributed by atoms with van der Waals surface area (Å²) in [7, 11) is 1.61. The number of amides is 1. The Hall–Kier alpha value is -1.78. The van der Waals surface area contributed by atoms with Gasteiger partial charge in [-0.25, -0.2) is 4.79 Å². The van der Waals surface area contributed by atoms with Crippen molar-refractivity contribution in [1.29, 1.82) is 0 Å². The van der Waals surface area contributed by atoms with E-state index >= 15 is 0 Å². The zero-order chi connectivity index (χ0) is 21.9. The maximum absolute atomic E-state index is 12.3. The molecule has 0 spiro atoms. The summed E-state index contributed by atoms with van der Waals surface area (Å²) < 4.78 is 16.5. The predicted molar refractivity (Wildman–Crippen MR) is 107 cm³/mol. The van der Waals surface area contributed by atoms with Gasteiger partial charge in [-0.15, -0.1) is 12.3 Å². The first-order valence-corrected chi connectivity index (χ1v) is 9.56. The predicted octanol–water partition coefficient (Wildman–Crippen LogP) is 3.38. The van der Waals surface area contributed by atoms with Gasteiger partial charge in [0.1, 0.15) is 11.7 Å². The monoisotopic (exact) mass is 417 g/mol. The molecule has 1 fully saturated rings. The average Bonchev–Trinajstić information content (AvgIpc) is 2.54. The SMILES string of the molecule is C#CCCC(OC)C1CN(C(=O)OC(C)(C)C)CCC1OC(C)=O.CC(=O)Cl. The van der Waals surface area contributed by atoms with Crippen LogP contribution in [0.5, 0.6) is 0 Å². The van der Waals surface area contributed by atoms with Crippen LogP contribution in [0, 0.1) is 18.3 Å². The smallest absolute Gasteiger partial charge is 0.410 e. The lowest BCUT2D eigenvalue weighted by atomic mass is 9.87. The van der Waals surface area contributed by atoms with Crippen LogP contribution in [0.4, 0.5) is 4.79 Å². The maximum Gasteiger partial charge on any atom is 0.410 e. The van der Waals surface area contributed by atoms with Crippen LogP contribution < -0.4 is 0 Å². The maximum atomic E-state index is 12.3. The van der Waals surface area contributed by atoms with Crippen molar-refractivity contribution >= 4 is 28.9 Å². The van der Waals surface area contributed by atoms with Gasteiger partial charge in [0.15, 0.2) is 0 Å². The standard InChI is InChI=1S/C18H29NO5.C2H3ClO/c1-7-8-9-15(22-6)14-12-19(17(21)24-18(3,4)5)11-10-16(14)23-13(2)20;1-2(3)4/h1,14-16H,8-12H2,2-6H3;1H3. The number of hydrogen-bond acceptors (Lipinski definition) is 6. The molecule has 1 heterocycles. The number of hydrogen-bond donors (Lipinski definition) is 0. The largest absolute Gasteiger partial charge is 0.462 e. The fourth-order valence-corrected chi connectivity index (χ4v) is 2.90. The summed E-state index contributed by atoms with van der Waals surface area (Å²) in [4.78, 5) is 34.6. The third-order valence-corrected chi connectivity index (χ3v) is 3.91. The normalized spacial score (nSPS) is 20.1. The number of nitrogens with zero attached hydrogens (tertiary/aromatic N) is 1. The van der Waals surface area contributed by atoms with E-state index in [2.05, 4.69) is 17.5 Å². The summed E-state index contributed by atoms with van der Waals surface area (Å²) in [6.45, 7) is 9.07. The molecule has 0 aromatic heterocycles. The van der Waals surface area contributed by atoms with Gasteiger partial charge in [0.05, 0.1) is 6.10 Å². The molecular weight excluding hydrogens is 386 g/mol. The first-order chi connectivity index (χ1) is 12.9. The molecule has 3 unspecified atom stereocenters. The number of rotatable bonds is 5. The molecular formula is C20H32ClNO6. The molecule has 160 valence electrons. The molecule has 28 heavy (non-hydrogen) atoms. The van der Waals surface area contributed by atoms with Crippen molar-refractivity contribution in [2.45, 2.75) is 71.7 Å². The van der Waals surface area contributed by atoms with Crippen molar-refractivity contribution in [1.82, 2.24) is 4.90 Å². The van der Waals surface area contributed by atoms with Crippen LogP contribution >= 0.6 is 11.6 Å². The first kappa shape index (κ1) is 26.2. The highest BCUT2D eigenvalue weighted by Gasteiger charge is 2.39. The highest BCUT2D eigenvalue weighted by molar-refractivity contribution is 6.62. The van der Waals surface area contributed by atoms with Crippen LogP contribution in [0.1, 0.15) is 53.9 Å². The number of carbonyl (C=O) groups is 3. The molecule has 1 aliphatic rings. The molecule has 0 aromatic rings. The van der Waals surface area contributed by atoms with E-state index in [0.717, 1.165) is 0 Å². The van der Waals surface area contributed by atoms with E-state index in [0.29, 0.717) is 32.4 Å². The molecule has 0 aliphatic carbocycles. The molecule has 1 aliphatic heterocycles. The van der Waals surface area contributed by atoms with Gasteiger partial charge in [-0.1, -0.05) is 0 Å². The number of halogens is 1. The lowest BCUT2D eigenvalue weighted by molar-refractivity contribution is -0.156. The molecule has 1 amide bonds. The summed E-state index contributed by atoms with van der Waals surface area (Å²) in [6.07, 6.45) is 6.28. The Bertz CT molecular complexity index is 562. The fourth-order valence-electron chi connectivity index (χ4n) is 2.90. The van der Waals surface area contributed by atoms with Crippen LogP contribution in [-0.4, -0.2) is 60.2 Å². The molecule has 7 nitrogen and oxygen atoms in total. The third-order valence-electron chi connectivity index (χ3n) is 3.91. The number of methoxy groups -OCH3 is 1. The molecule has 0 saturated carbocycles. The minimum Gasteiger partial charge on any atom is -0.462 e. The van der Waals surface area contributed by atoms with Crippen molar-refractivity contribution in [2.75, 3.05) is 20.2 Å². The zero-order valence-electron chi connectivity index (χ0n) is 17.6. The number of likely N-dealkylation sites (tertiary alicyclic amines) is 1. The van der Waals surface area contributed by atoms with Crippen LogP contribution in [0.15, 0.2) is 0 Å². The molecule has 0 N–H and O–H groups in total. The number of piperidine rings is 1. The van der Waals surface area contributed by atoms with Crippen LogP contribution in [-0.2, 0) is 23.8 Å². The minimum absolute atomic E-state index is 0.131. The average molecular weight is 418 g/mol. The number of ether oxygens (including phenoxy) is 3. The molecule has 1 rings (SSSR count). The molecule has 8 heteroatoms. The van der Waals surface area contributed by atoms with Crippen molar-refractivity contribution in [2.24, 2.45) is 5.92 Å². The Kier molecular flexibility index (Phi) is 11.8. The van der Waals surface area contributed by atoms with Crippen molar-refractivity contribution in [3.05, 3.63) is 0 Å². The van der Waals surface area contributed by atoms with Gasteiger partial charge >= 0.3 is 12.1 Å². The number of terminal acetylenes is 1. The van der Waals surface area contributed by atoms with E-state index in [4.69, 9.17) is 20.6 Å². The van der Waals surface area contributed by atoms with Gasteiger partial charge in [-0.05, 0) is 38.8 Å². The first-order valence-electron chi connectivity index (χ1n) is 9.18. The van der Waals surface area contributed by atoms with E-state index in [1.165, 1.54) is 13.8 Å². The minimum atomic E-state index is -0.552.